The second-order valence-corrected chi connectivity index (χ2v) is 6.15. The molecular formula is C11H16N6S2. The van der Waals surface area contributed by atoms with E-state index in [4.69, 9.17) is 0 Å². The zero-order valence-corrected chi connectivity index (χ0v) is 12.6. The predicted molar refractivity (Wildman–Crippen MR) is 79.7 cm³/mol. The molecule has 0 atom stereocenters. The van der Waals surface area contributed by atoms with E-state index in [9.17, 15) is 5.26 Å². The summed E-state index contributed by atoms with van der Waals surface area (Å²) in [7, 11) is 1.76. The highest BCUT2D eigenvalue weighted by atomic mass is 32.2. The highest BCUT2D eigenvalue weighted by Gasteiger charge is 2.33. The molecule has 8 heteroatoms. The third kappa shape index (κ3) is 3.42. The molecule has 0 unspecified atom stereocenters. The molecule has 1 saturated heterocycles. The van der Waals surface area contributed by atoms with Gasteiger partial charge in [0.15, 0.2) is 5.16 Å². The van der Waals surface area contributed by atoms with Gasteiger partial charge in [0.25, 0.3) is 0 Å². The molecule has 0 radical (unpaired) electrons. The molecule has 1 aromatic heterocycles. The van der Waals surface area contributed by atoms with Gasteiger partial charge < -0.3 is 10.6 Å². The van der Waals surface area contributed by atoms with Gasteiger partial charge in [-0.3, -0.25) is 0 Å². The molecule has 0 saturated carbocycles. The van der Waals surface area contributed by atoms with Crippen molar-refractivity contribution >= 4 is 35.4 Å². The normalized spacial score (nSPS) is 17.5. The molecule has 0 aliphatic carbocycles. The maximum atomic E-state index is 9.44. The minimum Gasteiger partial charge on any atom is -0.357 e. The van der Waals surface area contributed by atoms with E-state index in [0.717, 1.165) is 24.3 Å². The van der Waals surface area contributed by atoms with Crippen molar-refractivity contribution in [2.75, 3.05) is 35.4 Å². The van der Waals surface area contributed by atoms with Crippen LogP contribution in [0.25, 0.3) is 0 Å². The molecule has 102 valence electrons. The maximum absolute atomic E-state index is 9.44. The van der Waals surface area contributed by atoms with Crippen molar-refractivity contribution in [2.45, 2.75) is 23.5 Å². The Bertz CT molecular complexity index is 458. The van der Waals surface area contributed by atoms with Gasteiger partial charge in [0.2, 0.25) is 11.9 Å². The minimum absolute atomic E-state index is 0.470. The van der Waals surface area contributed by atoms with Gasteiger partial charge in [-0.15, -0.1) is 0 Å². The minimum atomic E-state index is -0.548. The molecule has 0 amide bonds. The van der Waals surface area contributed by atoms with Gasteiger partial charge >= 0.3 is 0 Å². The molecule has 2 rings (SSSR count). The Kier molecular flexibility index (Phi) is 4.71. The molecule has 1 aromatic rings. The first-order valence-electron chi connectivity index (χ1n) is 5.96. The number of hydrogen-bond acceptors (Lipinski definition) is 8. The maximum Gasteiger partial charge on any atom is 0.229 e. The van der Waals surface area contributed by atoms with E-state index >= 15 is 0 Å². The van der Waals surface area contributed by atoms with Crippen LogP contribution < -0.4 is 10.6 Å². The first kappa shape index (κ1) is 14.2. The third-order valence-corrected chi connectivity index (χ3v) is 4.47. The molecular weight excluding hydrogens is 280 g/mol. The summed E-state index contributed by atoms with van der Waals surface area (Å²) in [6, 6.07) is 2.39. The van der Waals surface area contributed by atoms with Crippen molar-refractivity contribution in [3.63, 3.8) is 0 Å². The lowest BCUT2D eigenvalue weighted by atomic mass is 9.94. The highest BCUT2D eigenvalue weighted by Crippen LogP contribution is 2.29. The van der Waals surface area contributed by atoms with E-state index in [1.807, 2.05) is 18.0 Å². The topological polar surface area (TPSA) is 86.5 Å². The Balaban J connectivity index is 2.24. The van der Waals surface area contributed by atoms with Gasteiger partial charge in [-0.05, 0) is 30.6 Å². The molecule has 1 fully saturated rings. The van der Waals surface area contributed by atoms with Crippen LogP contribution in [0.1, 0.15) is 12.8 Å². The van der Waals surface area contributed by atoms with Gasteiger partial charge in [0.1, 0.15) is 5.54 Å². The largest absolute Gasteiger partial charge is 0.357 e. The standard InChI is InChI=1S/C11H16N6S2/c1-13-8-14-9(16-10(15-8)18-2)17-11(7-12)3-5-19-6-4-11/h3-6H2,1-2H3,(H2,13,14,15,16,17). The van der Waals surface area contributed by atoms with Crippen LogP contribution in [0.2, 0.25) is 0 Å². The van der Waals surface area contributed by atoms with Crippen LogP contribution >= 0.6 is 23.5 Å². The molecule has 6 nitrogen and oxygen atoms in total. The third-order valence-electron chi connectivity index (χ3n) is 2.93. The van der Waals surface area contributed by atoms with Crippen LogP contribution in [-0.2, 0) is 0 Å². The second kappa shape index (κ2) is 6.30. The van der Waals surface area contributed by atoms with E-state index in [0.29, 0.717) is 17.1 Å². The zero-order chi connectivity index (χ0) is 13.7. The van der Waals surface area contributed by atoms with Crippen molar-refractivity contribution in [3.8, 4) is 6.07 Å². The fourth-order valence-electron chi connectivity index (χ4n) is 1.81. The summed E-state index contributed by atoms with van der Waals surface area (Å²) in [6.07, 6.45) is 3.53. The lowest BCUT2D eigenvalue weighted by Crippen LogP contribution is -2.41. The van der Waals surface area contributed by atoms with E-state index in [-0.39, 0.29) is 0 Å². The van der Waals surface area contributed by atoms with Crippen molar-refractivity contribution in [2.24, 2.45) is 0 Å². The van der Waals surface area contributed by atoms with Crippen molar-refractivity contribution in [3.05, 3.63) is 0 Å². The molecule has 0 bridgehead atoms. The summed E-state index contributed by atoms with van der Waals surface area (Å²) in [5.41, 5.74) is -0.548. The molecule has 2 heterocycles. The molecule has 2 N–H and O–H groups in total. The average molecular weight is 296 g/mol. The number of nitrogens with zero attached hydrogens (tertiary/aromatic N) is 4. The van der Waals surface area contributed by atoms with Crippen molar-refractivity contribution in [1.82, 2.24) is 15.0 Å². The van der Waals surface area contributed by atoms with Crippen LogP contribution in [0, 0.1) is 11.3 Å². The quantitative estimate of drug-likeness (QED) is 0.814. The van der Waals surface area contributed by atoms with Gasteiger partial charge in [0.05, 0.1) is 6.07 Å². The fourth-order valence-corrected chi connectivity index (χ4v) is 3.36. The summed E-state index contributed by atoms with van der Waals surface area (Å²) in [5.74, 6) is 2.96. The van der Waals surface area contributed by atoms with Crippen LogP contribution in [0.4, 0.5) is 11.9 Å². The molecule has 1 aliphatic heterocycles. The summed E-state index contributed by atoms with van der Waals surface area (Å²) < 4.78 is 0. The fraction of sp³-hybridized carbons (Fsp3) is 0.636. The highest BCUT2D eigenvalue weighted by molar-refractivity contribution is 7.99. The summed E-state index contributed by atoms with van der Waals surface area (Å²) >= 11 is 3.33. The zero-order valence-electron chi connectivity index (χ0n) is 10.9. The van der Waals surface area contributed by atoms with E-state index in [2.05, 4.69) is 31.7 Å². The number of thioether (sulfide) groups is 2. The SMILES string of the molecule is CNc1nc(NC2(C#N)CCSCC2)nc(SC)n1. The Hall–Kier alpha value is -1.20. The number of hydrogen-bond donors (Lipinski definition) is 2. The van der Waals surface area contributed by atoms with Gasteiger partial charge in [-0.1, -0.05) is 11.8 Å². The number of rotatable bonds is 4. The smallest absolute Gasteiger partial charge is 0.229 e. The van der Waals surface area contributed by atoms with Gasteiger partial charge in [-0.25, -0.2) is 0 Å². The summed E-state index contributed by atoms with van der Waals surface area (Å²) in [5, 5.41) is 16.2. The van der Waals surface area contributed by atoms with Crippen LogP contribution in [-0.4, -0.2) is 45.3 Å². The number of nitriles is 1. The van der Waals surface area contributed by atoms with Crippen LogP contribution in [0.3, 0.4) is 0 Å². The molecule has 19 heavy (non-hydrogen) atoms. The number of aromatic nitrogens is 3. The number of anilines is 2. The summed E-state index contributed by atoms with van der Waals surface area (Å²) in [4.78, 5) is 12.8. The Morgan fingerprint density at radius 1 is 1.26 bits per heavy atom. The van der Waals surface area contributed by atoms with Crippen molar-refractivity contribution < 1.29 is 0 Å². The predicted octanol–water partition coefficient (Wildman–Crippen LogP) is 1.84. The van der Waals surface area contributed by atoms with E-state index < -0.39 is 5.54 Å². The van der Waals surface area contributed by atoms with Gasteiger partial charge in [0, 0.05) is 7.05 Å². The monoisotopic (exact) mass is 296 g/mol. The van der Waals surface area contributed by atoms with Gasteiger partial charge in [-0.2, -0.15) is 32.0 Å². The number of nitrogens with one attached hydrogen (secondary N) is 2. The first-order valence-corrected chi connectivity index (χ1v) is 8.34. The van der Waals surface area contributed by atoms with Crippen LogP contribution in [0.5, 0.6) is 0 Å². The average Bonchev–Trinajstić information content (AvgIpc) is 2.47. The lowest BCUT2D eigenvalue weighted by molar-refractivity contribution is 0.539. The second-order valence-electron chi connectivity index (χ2n) is 4.15. The van der Waals surface area contributed by atoms with Crippen molar-refractivity contribution in [1.29, 1.82) is 5.26 Å². The van der Waals surface area contributed by atoms with E-state index in [1.165, 1.54) is 11.8 Å². The Morgan fingerprint density at radius 2 is 1.95 bits per heavy atom. The lowest BCUT2D eigenvalue weighted by Gasteiger charge is -2.31. The Labute approximate surface area is 121 Å². The molecule has 0 aromatic carbocycles. The first-order chi connectivity index (χ1) is 9.21. The van der Waals surface area contributed by atoms with Crippen LogP contribution in [0.15, 0.2) is 5.16 Å². The molecule has 0 spiro atoms. The summed E-state index contributed by atoms with van der Waals surface area (Å²) in [6.45, 7) is 0. The Morgan fingerprint density at radius 3 is 2.53 bits per heavy atom. The van der Waals surface area contributed by atoms with E-state index in [1.54, 1.807) is 7.05 Å². The molecule has 1 aliphatic rings.